The molecule has 1 aromatic heterocycles. The minimum atomic E-state index is -0.371. The average molecular weight is 383 g/mol. The summed E-state index contributed by atoms with van der Waals surface area (Å²) in [7, 11) is 2.13. The van der Waals surface area contributed by atoms with Crippen LogP contribution in [0.1, 0.15) is 30.7 Å². The van der Waals surface area contributed by atoms with Crippen LogP contribution in [0.5, 0.6) is 0 Å². The fraction of sp³-hybridized carbons (Fsp3) is 0.545. The summed E-state index contributed by atoms with van der Waals surface area (Å²) in [6.45, 7) is 3.10. The summed E-state index contributed by atoms with van der Waals surface area (Å²) < 4.78 is 2.00. The van der Waals surface area contributed by atoms with Gasteiger partial charge in [-0.2, -0.15) is 0 Å². The molecule has 0 aliphatic carbocycles. The summed E-state index contributed by atoms with van der Waals surface area (Å²) in [5, 5.41) is 10.9. The molecule has 3 heterocycles. The number of benzene rings is 1. The second-order valence-corrected chi connectivity index (χ2v) is 8.20. The first-order valence-electron chi connectivity index (χ1n) is 10.3. The molecule has 4 rings (SSSR count). The molecule has 2 aliphatic heterocycles. The van der Waals surface area contributed by atoms with Crippen molar-refractivity contribution in [2.75, 3.05) is 26.7 Å². The van der Waals surface area contributed by atoms with Crippen LogP contribution < -0.4 is 0 Å². The number of hydrogen-bond acceptors (Lipinski definition) is 4. The van der Waals surface area contributed by atoms with Gasteiger partial charge in [-0.05, 0) is 25.5 Å². The van der Waals surface area contributed by atoms with Crippen LogP contribution >= 0.6 is 0 Å². The predicted octanol–water partition coefficient (Wildman–Crippen LogP) is 1.97. The second-order valence-electron chi connectivity index (χ2n) is 8.20. The number of likely N-dealkylation sites (N-methyl/N-ethyl adjacent to an activating group) is 1. The van der Waals surface area contributed by atoms with Gasteiger partial charge in [0, 0.05) is 62.9 Å². The maximum Gasteiger partial charge on any atom is 0.222 e. The van der Waals surface area contributed by atoms with Gasteiger partial charge in [0.1, 0.15) is 0 Å². The number of likely N-dealkylation sites (tertiary alicyclic amines) is 2. The van der Waals surface area contributed by atoms with Gasteiger partial charge < -0.3 is 19.5 Å². The normalized spacial score (nSPS) is 28.1. The highest BCUT2D eigenvalue weighted by molar-refractivity contribution is 5.76. The predicted molar refractivity (Wildman–Crippen MR) is 108 cm³/mol. The number of nitrogens with zero attached hydrogens (tertiary/aromatic N) is 4. The van der Waals surface area contributed by atoms with Crippen LogP contribution in [0.3, 0.4) is 0 Å². The largest absolute Gasteiger partial charge is 0.393 e. The zero-order valence-corrected chi connectivity index (χ0v) is 16.5. The van der Waals surface area contributed by atoms with Gasteiger partial charge in [0.05, 0.1) is 12.4 Å². The molecule has 1 aromatic carbocycles. The Labute approximate surface area is 166 Å². The van der Waals surface area contributed by atoms with Crippen molar-refractivity contribution in [3.05, 3.63) is 54.6 Å². The van der Waals surface area contributed by atoms with Crippen molar-refractivity contribution in [1.29, 1.82) is 0 Å². The average Bonchev–Trinajstić information content (AvgIpc) is 3.29. The molecule has 2 saturated heterocycles. The van der Waals surface area contributed by atoms with Gasteiger partial charge in [0.2, 0.25) is 5.91 Å². The lowest BCUT2D eigenvalue weighted by Gasteiger charge is -2.29. The summed E-state index contributed by atoms with van der Waals surface area (Å²) in [5.74, 6) is 0.697. The Morgan fingerprint density at radius 2 is 2.07 bits per heavy atom. The Hall–Kier alpha value is -2.18. The highest BCUT2D eigenvalue weighted by atomic mass is 16.3. The van der Waals surface area contributed by atoms with Crippen molar-refractivity contribution in [2.24, 2.45) is 5.92 Å². The van der Waals surface area contributed by atoms with E-state index in [1.165, 1.54) is 5.56 Å². The van der Waals surface area contributed by atoms with Gasteiger partial charge >= 0.3 is 0 Å². The van der Waals surface area contributed by atoms with Crippen molar-refractivity contribution in [3.8, 4) is 0 Å². The summed E-state index contributed by atoms with van der Waals surface area (Å²) in [6.07, 6.45) is 7.11. The molecule has 1 amide bonds. The molecule has 0 saturated carbocycles. The van der Waals surface area contributed by atoms with Crippen molar-refractivity contribution in [1.82, 2.24) is 19.4 Å². The third kappa shape index (κ3) is 3.98. The maximum absolute atomic E-state index is 12.8. The van der Waals surface area contributed by atoms with Gasteiger partial charge in [-0.3, -0.25) is 4.79 Å². The smallest absolute Gasteiger partial charge is 0.222 e. The van der Waals surface area contributed by atoms with E-state index in [0.29, 0.717) is 31.8 Å². The van der Waals surface area contributed by atoms with Crippen molar-refractivity contribution in [3.63, 3.8) is 0 Å². The number of rotatable bonds is 5. The number of imidazole rings is 1. The molecular formula is C22H30N4O2. The fourth-order valence-electron chi connectivity index (χ4n) is 4.96. The summed E-state index contributed by atoms with van der Waals surface area (Å²) in [5.41, 5.74) is 1.29. The first-order valence-corrected chi connectivity index (χ1v) is 10.3. The van der Waals surface area contributed by atoms with E-state index in [9.17, 15) is 9.90 Å². The zero-order chi connectivity index (χ0) is 19.5. The topological polar surface area (TPSA) is 61.6 Å². The lowest BCUT2D eigenvalue weighted by Crippen LogP contribution is -2.43. The molecule has 6 nitrogen and oxygen atoms in total. The van der Waals surface area contributed by atoms with E-state index in [4.69, 9.17) is 0 Å². The van der Waals surface area contributed by atoms with Crippen LogP contribution in [0, 0.1) is 5.92 Å². The lowest BCUT2D eigenvalue weighted by molar-refractivity contribution is -0.131. The van der Waals surface area contributed by atoms with Gasteiger partial charge in [0.25, 0.3) is 0 Å². The highest BCUT2D eigenvalue weighted by Gasteiger charge is 2.46. The van der Waals surface area contributed by atoms with Gasteiger partial charge in [-0.1, -0.05) is 30.3 Å². The van der Waals surface area contributed by atoms with Crippen LogP contribution in [0.15, 0.2) is 49.1 Å². The number of amides is 1. The Morgan fingerprint density at radius 1 is 1.25 bits per heavy atom. The zero-order valence-electron chi connectivity index (χ0n) is 16.5. The number of carbonyl (C=O) groups is 1. The molecule has 1 N–H and O–H groups in total. The Kier molecular flexibility index (Phi) is 5.78. The maximum atomic E-state index is 12.8. The van der Waals surface area contributed by atoms with Crippen molar-refractivity contribution in [2.45, 2.75) is 43.9 Å². The Morgan fingerprint density at radius 3 is 2.82 bits per heavy atom. The molecule has 2 aliphatic rings. The van der Waals surface area contributed by atoms with E-state index in [-0.39, 0.29) is 24.0 Å². The molecule has 0 spiro atoms. The molecule has 0 unspecified atom stereocenters. The molecule has 0 bridgehead atoms. The van der Waals surface area contributed by atoms with Crippen LogP contribution in [0.2, 0.25) is 0 Å². The van der Waals surface area contributed by atoms with Gasteiger partial charge in [0.15, 0.2) is 0 Å². The summed E-state index contributed by atoms with van der Waals surface area (Å²) in [6, 6.07) is 10.7. The molecule has 28 heavy (non-hydrogen) atoms. The molecule has 0 radical (unpaired) electrons. The van der Waals surface area contributed by atoms with Crippen LogP contribution in [0.25, 0.3) is 0 Å². The first-order chi connectivity index (χ1) is 13.6. The van der Waals surface area contributed by atoms with E-state index in [1.54, 1.807) is 12.5 Å². The summed E-state index contributed by atoms with van der Waals surface area (Å²) in [4.78, 5) is 21.2. The van der Waals surface area contributed by atoms with Crippen molar-refractivity contribution < 1.29 is 9.90 Å². The van der Waals surface area contributed by atoms with Crippen LogP contribution in [-0.2, 0) is 11.3 Å². The quantitative estimate of drug-likeness (QED) is 0.859. The number of aliphatic hydroxyl groups is 1. The number of aliphatic hydroxyl groups excluding tert-OH is 1. The van der Waals surface area contributed by atoms with E-state index >= 15 is 0 Å². The Balaban J connectivity index is 1.41. The number of aromatic nitrogens is 2. The van der Waals surface area contributed by atoms with Crippen molar-refractivity contribution >= 4 is 5.91 Å². The number of hydrogen-bond donors (Lipinski definition) is 1. The number of aryl methyl sites for hydroxylation is 1. The SMILES string of the molecule is CN1C[C@@H](c2ccccc2)[C@@H]2[C@H](O)CCN(C(=O)CCCn3ccnc3)C[C@H]21. The molecule has 150 valence electrons. The third-order valence-corrected chi connectivity index (χ3v) is 6.45. The van der Waals surface area contributed by atoms with Crippen LogP contribution in [0.4, 0.5) is 0 Å². The van der Waals surface area contributed by atoms with Gasteiger partial charge in [-0.25, -0.2) is 4.98 Å². The second kappa shape index (κ2) is 8.45. The molecule has 2 aromatic rings. The summed E-state index contributed by atoms with van der Waals surface area (Å²) >= 11 is 0. The standard InChI is InChI=1S/C22H30N4O2/c1-24-14-18(17-6-3-2-4-7-17)22-19(24)15-26(12-9-20(22)27)21(28)8-5-11-25-13-10-23-16-25/h2-4,6-7,10,13,16,18-20,22,27H,5,8-9,11-12,14-15H2,1H3/t18-,19+,20+,22-/m0/s1. The minimum absolute atomic E-state index is 0.177. The van der Waals surface area contributed by atoms with E-state index in [2.05, 4.69) is 41.2 Å². The van der Waals surface area contributed by atoms with Gasteiger partial charge in [-0.15, -0.1) is 0 Å². The lowest BCUT2D eigenvalue weighted by atomic mass is 9.81. The first kappa shape index (κ1) is 19.2. The van der Waals surface area contributed by atoms with E-state index in [1.807, 2.05) is 21.7 Å². The molecule has 4 atom stereocenters. The Bertz CT molecular complexity index is 764. The monoisotopic (exact) mass is 382 g/mol. The number of fused-ring (bicyclic) bond motifs is 1. The molecular weight excluding hydrogens is 352 g/mol. The van der Waals surface area contributed by atoms with Crippen LogP contribution in [-0.4, -0.2) is 69.2 Å². The minimum Gasteiger partial charge on any atom is -0.393 e. The van der Waals surface area contributed by atoms with E-state index in [0.717, 1.165) is 19.5 Å². The van der Waals surface area contributed by atoms with E-state index < -0.39 is 0 Å². The number of carbonyl (C=O) groups excluding carboxylic acids is 1. The molecule has 6 heteroatoms. The highest BCUT2D eigenvalue weighted by Crippen LogP contribution is 2.41. The fourth-order valence-corrected chi connectivity index (χ4v) is 4.96. The third-order valence-electron chi connectivity index (χ3n) is 6.45. The molecule has 2 fully saturated rings.